The predicted octanol–water partition coefficient (Wildman–Crippen LogP) is 4.11. The minimum absolute atomic E-state index is 0.191. The van der Waals surface area contributed by atoms with E-state index in [-0.39, 0.29) is 12.2 Å². The number of halogens is 3. The van der Waals surface area contributed by atoms with Gasteiger partial charge in [0.15, 0.2) is 9.30 Å². The number of phenols is 1. The number of hydrogen-bond acceptors (Lipinski definition) is 4. The SMILES string of the molecule is N[C@@](I)(Cc1ccc(Oc2c(I)cc(O)cc2I)cc1)C(=O)O. The first kappa shape index (κ1) is 19.0. The van der Waals surface area contributed by atoms with Gasteiger partial charge in [-0.3, -0.25) is 0 Å². The van der Waals surface area contributed by atoms with Crippen molar-refractivity contribution in [3.8, 4) is 17.2 Å². The van der Waals surface area contributed by atoms with E-state index in [0.29, 0.717) is 11.5 Å². The van der Waals surface area contributed by atoms with Crippen molar-refractivity contribution in [3.05, 3.63) is 49.1 Å². The van der Waals surface area contributed by atoms with Gasteiger partial charge in [-0.1, -0.05) is 12.1 Å². The first-order valence-electron chi connectivity index (χ1n) is 6.35. The molecule has 0 heterocycles. The highest BCUT2D eigenvalue weighted by atomic mass is 127. The van der Waals surface area contributed by atoms with Gasteiger partial charge < -0.3 is 20.7 Å². The van der Waals surface area contributed by atoms with Gasteiger partial charge in [-0.2, -0.15) is 0 Å². The number of carboxylic acid groups (broad SMARTS) is 1. The van der Waals surface area contributed by atoms with Crippen LogP contribution in [0.15, 0.2) is 36.4 Å². The van der Waals surface area contributed by atoms with Gasteiger partial charge in [0.25, 0.3) is 0 Å². The molecule has 122 valence electrons. The van der Waals surface area contributed by atoms with Crippen LogP contribution in [0.2, 0.25) is 0 Å². The quantitative estimate of drug-likeness (QED) is 0.258. The number of aliphatic carboxylic acids is 1. The van der Waals surface area contributed by atoms with Crippen molar-refractivity contribution in [3.63, 3.8) is 0 Å². The second-order valence-electron chi connectivity index (χ2n) is 4.83. The van der Waals surface area contributed by atoms with E-state index in [2.05, 4.69) is 45.2 Å². The average molecular weight is 651 g/mol. The summed E-state index contributed by atoms with van der Waals surface area (Å²) in [4.78, 5) is 11.1. The Morgan fingerprint density at radius 1 is 1.17 bits per heavy atom. The molecule has 8 heteroatoms. The van der Waals surface area contributed by atoms with Gasteiger partial charge in [0.05, 0.1) is 7.14 Å². The molecule has 0 unspecified atom stereocenters. The van der Waals surface area contributed by atoms with E-state index >= 15 is 0 Å². The summed E-state index contributed by atoms with van der Waals surface area (Å²) >= 11 is 5.92. The summed E-state index contributed by atoms with van der Waals surface area (Å²) in [5, 5.41) is 18.6. The molecule has 0 amide bonds. The summed E-state index contributed by atoms with van der Waals surface area (Å²) < 4.78 is 6.12. The fourth-order valence-corrected chi connectivity index (χ4v) is 4.21. The summed E-state index contributed by atoms with van der Waals surface area (Å²) in [6, 6.07) is 10.4. The topological polar surface area (TPSA) is 92.8 Å². The molecule has 0 saturated heterocycles. The maximum absolute atomic E-state index is 11.1. The Kier molecular flexibility index (Phi) is 6.35. The lowest BCUT2D eigenvalue weighted by molar-refractivity contribution is -0.139. The number of aromatic hydroxyl groups is 1. The standard InChI is InChI=1S/C15H12I3NO4/c16-11-5-9(20)6-12(17)13(11)23-10-3-1-8(2-4-10)7-15(18,19)14(21)22/h1-6,20H,7,19H2,(H,21,22)/t15-/m0/s1. The zero-order valence-corrected chi connectivity index (χ0v) is 18.1. The molecule has 0 saturated carbocycles. The smallest absolute Gasteiger partial charge is 0.334 e. The molecular weight excluding hydrogens is 639 g/mol. The molecule has 0 radical (unpaired) electrons. The predicted molar refractivity (Wildman–Crippen MR) is 112 cm³/mol. The van der Waals surface area contributed by atoms with Crippen molar-refractivity contribution >= 4 is 73.7 Å². The van der Waals surface area contributed by atoms with Crippen molar-refractivity contribution in [2.24, 2.45) is 5.73 Å². The van der Waals surface area contributed by atoms with Gasteiger partial charge in [-0.15, -0.1) is 0 Å². The Morgan fingerprint density at radius 3 is 2.17 bits per heavy atom. The summed E-state index contributed by atoms with van der Waals surface area (Å²) in [5.41, 5.74) is 6.55. The molecule has 0 fully saturated rings. The number of rotatable bonds is 5. The van der Waals surface area contributed by atoms with E-state index < -0.39 is 9.51 Å². The van der Waals surface area contributed by atoms with E-state index in [9.17, 15) is 9.90 Å². The summed E-state index contributed by atoms with van der Waals surface area (Å²) in [7, 11) is 0. The lowest BCUT2D eigenvalue weighted by Crippen LogP contribution is -2.43. The van der Waals surface area contributed by atoms with Gasteiger partial charge in [-0.05, 0) is 97.6 Å². The van der Waals surface area contributed by atoms with Gasteiger partial charge >= 0.3 is 5.97 Å². The fourth-order valence-electron chi connectivity index (χ4n) is 1.81. The molecule has 2 aromatic rings. The van der Waals surface area contributed by atoms with Gasteiger partial charge in [-0.25, -0.2) is 4.79 Å². The number of carboxylic acids is 1. The molecule has 0 spiro atoms. The Labute approximate surface area is 174 Å². The summed E-state index contributed by atoms with van der Waals surface area (Å²) in [6.07, 6.45) is 0.220. The third-order valence-electron chi connectivity index (χ3n) is 2.94. The molecule has 0 aliphatic carbocycles. The first-order valence-corrected chi connectivity index (χ1v) is 9.58. The normalized spacial score (nSPS) is 13.4. The number of nitrogens with two attached hydrogens (primary N) is 1. The van der Waals surface area contributed by atoms with Gasteiger partial charge in [0.1, 0.15) is 11.5 Å². The van der Waals surface area contributed by atoms with Crippen LogP contribution in [0.4, 0.5) is 0 Å². The zero-order chi connectivity index (χ0) is 17.2. The second kappa shape index (κ2) is 7.70. The average Bonchev–Trinajstić information content (AvgIpc) is 2.44. The lowest BCUT2D eigenvalue weighted by Gasteiger charge is -2.17. The Hall–Kier alpha value is -0.340. The molecule has 1 atom stereocenters. The zero-order valence-electron chi connectivity index (χ0n) is 11.6. The Balaban J connectivity index is 2.17. The number of benzene rings is 2. The molecule has 2 aromatic carbocycles. The van der Waals surface area contributed by atoms with Crippen LogP contribution in [0.3, 0.4) is 0 Å². The third kappa shape index (κ3) is 5.06. The lowest BCUT2D eigenvalue weighted by atomic mass is 10.1. The first-order chi connectivity index (χ1) is 10.7. The maximum Gasteiger partial charge on any atom is 0.334 e. The van der Waals surface area contributed by atoms with Crippen molar-refractivity contribution in [2.45, 2.75) is 9.97 Å². The molecular formula is C15H12I3NO4. The van der Waals surface area contributed by atoms with Crippen LogP contribution in [-0.2, 0) is 11.2 Å². The molecule has 0 aromatic heterocycles. The van der Waals surface area contributed by atoms with Crippen molar-refractivity contribution in [1.29, 1.82) is 0 Å². The highest BCUT2D eigenvalue weighted by Crippen LogP contribution is 2.34. The Morgan fingerprint density at radius 2 is 1.70 bits per heavy atom. The van der Waals surface area contributed by atoms with E-state index in [4.69, 9.17) is 15.6 Å². The summed E-state index contributed by atoms with van der Waals surface area (Å²) in [6.45, 7) is 0. The summed E-state index contributed by atoms with van der Waals surface area (Å²) in [5.74, 6) is 0.439. The van der Waals surface area contributed by atoms with Crippen LogP contribution in [0, 0.1) is 7.14 Å². The molecule has 5 nitrogen and oxygen atoms in total. The fraction of sp³-hybridized carbons (Fsp3) is 0.133. The molecule has 4 N–H and O–H groups in total. The number of ether oxygens (including phenoxy) is 1. The highest BCUT2D eigenvalue weighted by molar-refractivity contribution is 14.1. The van der Waals surface area contributed by atoms with Crippen LogP contribution in [0.25, 0.3) is 0 Å². The van der Waals surface area contributed by atoms with E-state index in [1.165, 1.54) is 0 Å². The largest absolute Gasteiger partial charge is 0.508 e. The monoisotopic (exact) mass is 651 g/mol. The molecule has 23 heavy (non-hydrogen) atoms. The van der Waals surface area contributed by atoms with Crippen LogP contribution in [0.1, 0.15) is 5.56 Å². The van der Waals surface area contributed by atoms with Crippen molar-refractivity contribution < 1.29 is 19.7 Å². The van der Waals surface area contributed by atoms with Crippen molar-refractivity contribution in [2.75, 3.05) is 0 Å². The molecule has 2 rings (SSSR count). The van der Waals surface area contributed by atoms with E-state index in [1.807, 2.05) is 0 Å². The third-order valence-corrected chi connectivity index (χ3v) is 5.39. The highest BCUT2D eigenvalue weighted by Gasteiger charge is 2.30. The van der Waals surface area contributed by atoms with Crippen LogP contribution in [0.5, 0.6) is 17.2 Å². The second-order valence-corrected chi connectivity index (χ2v) is 9.08. The van der Waals surface area contributed by atoms with Crippen molar-refractivity contribution in [1.82, 2.24) is 0 Å². The van der Waals surface area contributed by atoms with Crippen LogP contribution >= 0.6 is 67.8 Å². The van der Waals surface area contributed by atoms with E-state index in [1.54, 1.807) is 59.0 Å². The minimum Gasteiger partial charge on any atom is -0.508 e. The van der Waals surface area contributed by atoms with Crippen LogP contribution < -0.4 is 10.5 Å². The van der Waals surface area contributed by atoms with Gasteiger partial charge in [0, 0.05) is 6.42 Å². The van der Waals surface area contributed by atoms with Gasteiger partial charge in [0.2, 0.25) is 0 Å². The van der Waals surface area contributed by atoms with Crippen LogP contribution in [-0.4, -0.2) is 19.7 Å². The Bertz CT molecular complexity index is 709. The number of carbonyl (C=O) groups is 1. The maximum atomic E-state index is 11.1. The number of phenolic OH excluding ortho intramolecular Hbond substituents is 1. The minimum atomic E-state index is -1.33. The molecule has 0 aliphatic heterocycles. The number of hydrogen-bond donors (Lipinski definition) is 3. The number of alkyl halides is 1. The van der Waals surface area contributed by atoms with E-state index in [0.717, 1.165) is 12.7 Å². The molecule has 0 bridgehead atoms. The molecule has 0 aliphatic rings.